The fourth-order valence-corrected chi connectivity index (χ4v) is 5.13. The molecule has 2 aromatic heterocycles. The number of ether oxygens (including phenoxy) is 1. The number of pyridine rings is 1. The van der Waals surface area contributed by atoms with Crippen LogP contribution in [0.4, 0.5) is 5.13 Å². The lowest BCUT2D eigenvalue weighted by molar-refractivity contribution is -0.132. The van der Waals surface area contributed by atoms with Crippen LogP contribution < -0.4 is 9.64 Å². The minimum atomic E-state index is -0.863. The van der Waals surface area contributed by atoms with Crippen molar-refractivity contribution in [1.82, 2.24) is 9.97 Å². The quantitative estimate of drug-likeness (QED) is 0.176. The van der Waals surface area contributed by atoms with Crippen LogP contribution in [-0.2, 0) is 9.59 Å². The van der Waals surface area contributed by atoms with Crippen molar-refractivity contribution >= 4 is 44.1 Å². The Labute approximate surface area is 205 Å². The molecule has 1 unspecified atom stereocenters. The van der Waals surface area contributed by atoms with Gasteiger partial charge >= 0.3 is 5.91 Å². The van der Waals surface area contributed by atoms with Gasteiger partial charge in [0.1, 0.15) is 18.1 Å². The second kappa shape index (κ2) is 9.15. The minimum Gasteiger partial charge on any atom is -0.507 e. The number of nitrogens with zero attached hydrogens (tertiary/aromatic N) is 3. The monoisotopic (exact) mass is 483 g/mol. The zero-order chi connectivity index (χ0) is 24.5. The molecule has 5 rings (SSSR count). The lowest BCUT2D eigenvalue weighted by atomic mass is 9.95. The average molecular weight is 484 g/mol. The van der Waals surface area contributed by atoms with Crippen molar-refractivity contribution in [1.29, 1.82) is 0 Å². The van der Waals surface area contributed by atoms with Crippen LogP contribution in [0.2, 0.25) is 0 Å². The second-order valence-corrected chi connectivity index (χ2v) is 9.05. The first-order valence-corrected chi connectivity index (χ1v) is 11.7. The Bertz CT molecular complexity index is 1480. The van der Waals surface area contributed by atoms with E-state index in [4.69, 9.17) is 4.74 Å². The first-order valence-electron chi connectivity index (χ1n) is 10.9. The van der Waals surface area contributed by atoms with Crippen molar-refractivity contribution in [3.8, 4) is 5.75 Å². The first kappa shape index (κ1) is 22.5. The van der Waals surface area contributed by atoms with Crippen LogP contribution in [-0.4, -0.2) is 33.4 Å². The molecule has 1 N–H and O–H groups in total. The van der Waals surface area contributed by atoms with Crippen molar-refractivity contribution in [2.75, 3.05) is 11.5 Å². The number of aliphatic hydroxyl groups excluding tert-OH is 1. The highest BCUT2D eigenvalue weighted by Crippen LogP contribution is 2.44. The molecular weight excluding hydrogens is 462 g/mol. The maximum absolute atomic E-state index is 13.3. The number of hydrogen-bond donors (Lipinski definition) is 1. The van der Waals surface area contributed by atoms with Crippen molar-refractivity contribution in [3.05, 3.63) is 102 Å². The highest BCUT2D eigenvalue weighted by atomic mass is 32.1. The summed E-state index contributed by atoms with van der Waals surface area (Å²) in [5, 5.41) is 11.5. The van der Waals surface area contributed by atoms with E-state index in [1.807, 2.05) is 25.1 Å². The van der Waals surface area contributed by atoms with E-state index in [1.165, 1.54) is 28.6 Å². The van der Waals surface area contributed by atoms with Crippen LogP contribution in [0.3, 0.4) is 0 Å². The maximum Gasteiger partial charge on any atom is 0.301 e. The highest BCUT2D eigenvalue weighted by molar-refractivity contribution is 7.22. The third-order valence-corrected chi connectivity index (χ3v) is 6.72. The summed E-state index contributed by atoms with van der Waals surface area (Å²) in [5.41, 5.74) is 2.84. The largest absolute Gasteiger partial charge is 0.507 e. The minimum absolute atomic E-state index is 0.00334. The number of fused-ring (bicyclic) bond motifs is 1. The molecule has 7 nitrogen and oxygen atoms in total. The van der Waals surface area contributed by atoms with E-state index in [-0.39, 0.29) is 11.3 Å². The lowest BCUT2D eigenvalue weighted by Gasteiger charge is -2.23. The van der Waals surface area contributed by atoms with Gasteiger partial charge in [-0.15, -0.1) is 0 Å². The number of carbonyl (C=O) groups is 2. The van der Waals surface area contributed by atoms with Crippen LogP contribution in [0.5, 0.6) is 5.75 Å². The molecule has 35 heavy (non-hydrogen) atoms. The van der Waals surface area contributed by atoms with Crippen LogP contribution in [0, 0.1) is 6.92 Å². The zero-order valence-electron chi connectivity index (χ0n) is 18.8. The van der Waals surface area contributed by atoms with Crippen molar-refractivity contribution in [2.45, 2.75) is 13.0 Å². The van der Waals surface area contributed by atoms with Gasteiger partial charge in [-0.1, -0.05) is 42.2 Å². The van der Waals surface area contributed by atoms with E-state index in [2.05, 4.69) is 16.5 Å². The smallest absolute Gasteiger partial charge is 0.301 e. The molecule has 2 aromatic carbocycles. The second-order valence-electron chi connectivity index (χ2n) is 8.04. The molecule has 0 spiro atoms. The Morgan fingerprint density at radius 2 is 1.89 bits per heavy atom. The van der Waals surface area contributed by atoms with Gasteiger partial charge in [0.25, 0.3) is 5.78 Å². The highest BCUT2D eigenvalue weighted by Gasteiger charge is 2.48. The molecule has 0 saturated carbocycles. The summed E-state index contributed by atoms with van der Waals surface area (Å²) in [5.74, 6) is -1.16. The number of Topliss-reactive ketones (excluding diaryl/α,β-unsaturated/α-hetero) is 1. The van der Waals surface area contributed by atoms with Gasteiger partial charge in [-0.25, -0.2) is 4.98 Å². The standard InChI is InChI=1S/C27H21N3O4S/c1-3-14-34-19-7-5-17(6-8-19)23-22(24(31)18-10-12-28-13-11-18)25(32)26(33)30(23)27-29-20-9-4-16(2)15-21(20)35-27/h3-13,15,23,31H,1,14H2,2H3. The van der Waals surface area contributed by atoms with E-state index < -0.39 is 17.7 Å². The van der Waals surface area contributed by atoms with Gasteiger partial charge < -0.3 is 9.84 Å². The molecule has 0 bridgehead atoms. The summed E-state index contributed by atoms with van der Waals surface area (Å²) >= 11 is 1.33. The van der Waals surface area contributed by atoms with Gasteiger partial charge in [0.2, 0.25) is 0 Å². The number of carbonyl (C=O) groups excluding carboxylic acids is 2. The first-order chi connectivity index (χ1) is 17.0. The maximum atomic E-state index is 13.3. The third kappa shape index (κ3) is 4.08. The number of ketones is 1. The van der Waals surface area contributed by atoms with Gasteiger partial charge in [0.15, 0.2) is 5.13 Å². The van der Waals surface area contributed by atoms with E-state index in [1.54, 1.807) is 42.5 Å². The molecule has 174 valence electrons. The molecular formula is C27H21N3O4S. The number of amides is 1. The topological polar surface area (TPSA) is 92.6 Å². The number of aliphatic hydroxyl groups is 1. The van der Waals surface area contributed by atoms with Crippen molar-refractivity contribution < 1.29 is 19.4 Å². The van der Waals surface area contributed by atoms with E-state index in [0.717, 1.165) is 15.8 Å². The molecule has 1 amide bonds. The van der Waals surface area contributed by atoms with Crippen LogP contribution >= 0.6 is 11.3 Å². The predicted molar refractivity (Wildman–Crippen MR) is 136 cm³/mol. The van der Waals surface area contributed by atoms with Gasteiger partial charge in [-0.05, 0) is 54.4 Å². The van der Waals surface area contributed by atoms with Gasteiger partial charge in [0.05, 0.1) is 21.8 Å². The Balaban J connectivity index is 1.68. The van der Waals surface area contributed by atoms with E-state index in [0.29, 0.717) is 28.6 Å². The molecule has 0 radical (unpaired) electrons. The van der Waals surface area contributed by atoms with Crippen molar-refractivity contribution in [2.24, 2.45) is 0 Å². The lowest BCUT2D eigenvalue weighted by Crippen LogP contribution is -2.29. The molecule has 1 saturated heterocycles. The zero-order valence-corrected chi connectivity index (χ0v) is 19.7. The Morgan fingerprint density at radius 1 is 1.14 bits per heavy atom. The van der Waals surface area contributed by atoms with Crippen LogP contribution in [0.15, 0.2) is 85.2 Å². The average Bonchev–Trinajstić information content (AvgIpc) is 3.40. The van der Waals surface area contributed by atoms with Gasteiger partial charge in [-0.2, -0.15) is 0 Å². The number of aromatic nitrogens is 2. The normalized spacial score (nSPS) is 17.2. The Kier molecular flexibility index (Phi) is 5.88. The summed E-state index contributed by atoms with van der Waals surface area (Å²) in [6.07, 6.45) is 4.68. The molecule has 1 aliphatic heterocycles. The van der Waals surface area contributed by atoms with Crippen molar-refractivity contribution in [3.63, 3.8) is 0 Å². The van der Waals surface area contributed by atoms with Crippen LogP contribution in [0.25, 0.3) is 16.0 Å². The molecule has 8 heteroatoms. The Hall–Kier alpha value is -4.30. The fourth-order valence-electron chi connectivity index (χ4n) is 4.03. The number of thiazole rings is 1. The summed E-state index contributed by atoms with van der Waals surface area (Å²) in [6.45, 7) is 5.98. The number of anilines is 1. The molecule has 1 aliphatic rings. The molecule has 0 aliphatic carbocycles. The summed E-state index contributed by atoms with van der Waals surface area (Å²) in [6, 6.07) is 15.2. The number of rotatable bonds is 6. The number of aryl methyl sites for hydroxylation is 1. The number of hydrogen-bond acceptors (Lipinski definition) is 7. The van der Waals surface area contributed by atoms with Crippen LogP contribution in [0.1, 0.15) is 22.7 Å². The number of benzene rings is 2. The predicted octanol–water partition coefficient (Wildman–Crippen LogP) is 5.19. The molecule has 1 fully saturated rings. The summed E-state index contributed by atoms with van der Waals surface area (Å²) in [7, 11) is 0. The third-order valence-electron chi connectivity index (χ3n) is 5.70. The van der Waals surface area contributed by atoms with Gasteiger partial charge in [0, 0.05) is 18.0 Å². The molecule has 3 heterocycles. The summed E-state index contributed by atoms with van der Waals surface area (Å²) < 4.78 is 6.48. The van der Waals surface area contributed by atoms with Gasteiger partial charge in [-0.3, -0.25) is 19.5 Å². The van der Waals surface area contributed by atoms with E-state index >= 15 is 0 Å². The van der Waals surface area contributed by atoms with E-state index in [9.17, 15) is 14.7 Å². The summed E-state index contributed by atoms with van der Waals surface area (Å²) in [4.78, 5) is 36.6. The SMILES string of the molecule is C=CCOc1ccc(C2C(=C(O)c3ccncc3)C(=O)C(=O)N2c2nc3ccc(C)cc3s2)cc1. The molecule has 4 aromatic rings. The molecule has 1 atom stereocenters. The Morgan fingerprint density at radius 3 is 2.60 bits per heavy atom. The fraction of sp³-hybridized carbons (Fsp3) is 0.111.